The zero-order chi connectivity index (χ0) is 33.9. The summed E-state index contributed by atoms with van der Waals surface area (Å²) in [6, 6.07) is 18.1. The second-order valence-corrected chi connectivity index (χ2v) is 14.3. The first-order valence-corrected chi connectivity index (χ1v) is 17.5. The van der Waals surface area contributed by atoms with E-state index in [-0.39, 0.29) is 35.1 Å². The lowest BCUT2D eigenvalue weighted by atomic mass is 9.88. The van der Waals surface area contributed by atoms with Gasteiger partial charge >= 0.3 is 0 Å². The van der Waals surface area contributed by atoms with Crippen LogP contribution in [-0.4, -0.2) is 46.8 Å². The van der Waals surface area contributed by atoms with Crippen LogP contribution in [0.2, 0.25) is 0 Å². The van der Waals surface area contributed by atoms with Crippen molar-refractivity contribution in [1.82, 2.24) is 14.1 Å². The van der Waals surface area contributed by atoms with Crippen molar-refractivity contribution in [2.75, 3.05) is 14.2 Å². The van der Waals surface area contributed by atoms with Gasteiger partial charge in [-0.25, -0.2) is 8.42 Å². The highest BCUT2D eigenvalue weighted by atomic mass is 32.2. The minimum atomic E-state index is -3.97. The zero-order valence-corrected chi connectivity index (χ0v) is 28.0. The van der Waals surface area contributed by atoms with E-state index in [4.69, 9.17) is 9.47 Å². The lowest BCUT2D eigenvalue weighted by Gasteiger charge is -2.23. The van der Waals surface area contributed by atoms with Crippen LogP contribution in [0.15, 0.2) is 84.0 Å². The van der Waals surface area contributed by atoms with E-state index in [9.17, 15) is 23.6 Å². The average molecular weight is 673 g/mol. The predicted molar refractivity (Wildman–Crippen MR) is 180 cm³/mol. The van der Waals surface area contributed by atoms with Gasteiger partial charge in [-0.05, 0) is 97.5 Å². The minimum Gasteiger partial charge on any atom is -0.497 e. The van der Waals surface area contributed by atoms with E-state index in [1.54, 1.807) is 49.4 Å². The number of benzene rings is 3. The number of nitro groups is 1. The van der Waals surface area contributed by atoms with Gasteiger partial charge in [0.25, 0.3) is 15.7 Å². The SMILES string of the molecule is COc1ccc(CN(Cc2ccc(OC)cc2)S(=O)(=O)c2ccn(CC/C=C/CC3(O)CCc4cc5c(c([N+](=O)[O-])c43)CCC5)n2)cc1. The summed E-state index contributed by atoms with van der Waals surface area (Å²) in [6.07, 6.45) is 9.70. The number of sulfonamides is 1. The first-order chi connectivity index (χ1) is 23.1. The Morgan fingerprint density at radius 1 is 0.958 bits per heavy atom. The normalized spacial score (nSPS) is 17.2. The van der Waals surface area contributed by atoms with Crippen LogP contribution >= 0.6 is 0 Å². The van der Waals surface area contributed by atoms with Gasteiger partial charge < -0.3 is 14.6 Å². The van der Waals surface area contributed by atoms with Gasteiger partial charge in [0.1, 0.15) is 17.1 Å². The molecular weight excluding hydrogens is 632 g/mol. The molecule has 1 unspecified atom stereocenters. The number of hydrogen-bond donors (Lipinski definition) is 1. The van der Waals surface area contributed by atoms with Crippen molar-refractivity contribution in [3.8, 4) is 11.5 Å². The molecule has 1 aromatic heterocycles. The van der Waals surface area contributed by atoms with E-state index in [0.717, 1.165) is 40.7 Å². The number of rotatable bonds is 14. The Morgan fingerprint density at radius 2 is 1.60 bits per heavy atom. The molecule has 3 aromatic carbocycles. The van der Waals surface area contributed by atoms with Crippen LogP contribution in [0.5, 0.6) is 11.5 Å². The van der Waals surface area contributed by atoms with Crippen molar-refractivity contribution in [3.05, 3.63) is 123 Å². The van der Waals surface area contributed by atoms with E-state index in [1.807, 2.05) is 36.4 Å². The molecule has 0 fully saturated rings. The second-order valence-electron chi connectivity index (χ2n) is 12.4. The van der Waals surface area contributed by atoms with Crippen molar-refractivity contribution in [2.45, 2.75) is 75.2 Å². The fraction of sp³-hybridized carbons (Fsp3) is 0.361. The third kappa shape index (κ3) is 6.87. The van der Waals surface area contributed by atoms with E-state index in [0.29, 0.717) is 49.3 Å². The number of fused-ring (bicyclic) bond motifs is 2. The van der Waals surface area contributed by atoms with Gasteiger partial charge in [-0.2, -0.15) is 9.40 Å². The Bertz CT molecular complexity index is 1870. The van der Waals surface area contributed by atoms with Crippen molar-refractivity contribution in [3.63, 3.8) is 0 Å². The molecule has 0 amide bonds. The number of nitrogens with zero attached hydrogens (tertiary/aromatic N) is 4. The molecule has 0 spiro atoms. The highest BCUT2D eigenvalue weighted by Crippen LogP contribution is 2.48. The molecule has 0 radical (unpaired) electrons. The molecule has 12 heteroatoms. The number of allylic oxidation sites excluding steroid dienone is 1. The first kappa shape index (κ1) is 33.4. The average Bonchev–Trinajstić information content (AvgIpc) is 3.84. The molecule has 252 valence electrons. The molecule has 1 N–H and O–H groups in total. The maximum absolute atomic E-state index is 13.9. The third-order valence-electron chi connectivity index (χ3n) is 9.31. The molecule has 0 bridgehead atoms. The zero-order valence-electron chi connectivity index (χ0n) is 27.2. The van der Waals surface area contributed by atoms with Crippen molar-refractivity contribution >= 4 is 15.7 Å². The van der Waals surface area contributed by atoms with E-state index in [2.05, 4.69) is 11.2 Å². The molecule has 2 aliphatic rings. The monoisotopic (exact) mass is 672 g/mol. The molecule has 1 atom stereocenters. The van der Waals surface area contributed by atoms with Crippen LogP contribution in [0.3, 0.4) is 0 Å². The summed E-state index contributed by atoms with van der Waals surface area (Å²) in [7, 11) is -0.811. The molecule has 4 aromatic rings. The minimum absolute atomic E-state index is 0.0507. The maximum atomic E-state index is 13.9. The van der Waals surface area contributed by atoms with E-state index >= 15 is 0 Å². The van der Waals surface area contributed by atoms with Gasteiger partial charge in [0.2, 0.25) is 0 Å². The summed E-state index contributed by atoms with van der Waals surface area (Å²) in [5.41, 5.74) is 3.62. The lowest BCUT2D eigenvalue weighted by molar-refractivity contribution is -0.387. The number of methoxy groups -OCH3 is 2. The Kier molecular flexibility index (Phi) is 9.68. The number of ether oxygens (including phenoxy) is 2. The highest BCUT2D eigenvalue weighted by Gasteiger charge is 2.44. The van der Waals surface area contributed by atoms with Gasteiger partial charge in [0.15, 0.2) is 5.03 Å². The standard InChI is InChI=1S/C36H40N4O7S/c1-46-30-13-9-26(10-14-30)24-39(25-27-11-15-31(47-2)16-12-27)48(44,45)33-18-22-38(37-33)21-5-3-4-19-36(41)20-17-29-23-28-7-6-8-32(28)35(34(29)36)40(42)43/h3-4,9-16,18,22-23,41H,5-8,17,19-21,24-25H2,1-2H3/b4-3+. The van der Waals surface area contributed by atoms with Crippen LogP contribution in [-0.2, 0) is 54.5 Å². The van der Waals surface area contributed by atoms with Crippen LogP contribution in [0, 0.1) is 10.1 Å². The molecule has 0 aliphatic heterocycles. The molecule has 1 heterocycles. The molecule has 0 saturated heterocycles. The Balaban J connectivity index is 1.13. The van der Waals surface area contributed by atoms with Crippen LogP contribution in [0.4, 0.5) is 5.69 Å². The Labute approximate surface area is 280 Å². The Hall–Kier alpha value is -4.52. The van der Waals surface area contributed by atoms with Gasteiger partial charge in [-0.1, -0.05) is 42.5 Å². The summed E-state index contributed by atoms with van der Waals surface area (Å²) in [4.78, 5) is 11.8. The van der Waals surface area contributed by atoms with Gasteiger partial charge in [0.05, 0.1) is 24.7 Å². The molecule has 6 rings (SSSR count). The predicted octanol–water partition coefficient (Wildman–Crippen LogP) is 5.86. The molecule has 0 saturated carbocycles. The molecule has 2 aliphatic carbocycles. The fourth-order valence-corrected chi connectivity index (χ4v) is 8.15. The molecule has 11 nitrogen and oxygen atoms in total. The molecular formula is C36H40N4O7S. The van der Waals surface area contributed by atoms with Gasteiger partial charge in [-0.15, -0.1) is 0 Å². The number of aryl methyl sites for hydroxylation is 3. The van der Waals surface area contributed by atoms with Crippen molar-refractivity contribution in [2.24, 2.45) is 0 Å². The smallest absolute Gasteiger partial charge is 0.279 e. The lowest BCUT2D eigenvalue weighted by Crippen LogP contribution is -2.30. The number of nitro benzene ring substituents is 1. The van der Waals surface area contributed by atoms with E-state index in [1.165, 1.54) is 10.4 Å². The van der Waals surface area contributed by atoms with Gasteiger partial charge in [-0.3, -0.25) is 14.8 Å². The summed E-state index contributed by atoms with van der Waals surface area (Å²) >= 11 is 0. The number of aliphatic hydroxyl groups is 1. The van der Waals surface area contributed by atoms with Crippen LogP contribution in [0.25, 0.3) is 0 Å². The topological polar surface area (TPSA) is 137 Å². The van der Waals surface area contributed by atoms with E-state index < -0.39 is 15.6 Å². The summed E-state index contributed by atoms with van der Waals surface area (Å²) in [6.45, 7) is 0.702. The first-order valence-electron chi connectivity index (χ1n) is 16.1. The maximum Gasteiger partial charge on any atom is 0.279 e. The van der Waals surface area contributed by atoms with Crippen LogP contribution in [0.1, 0.15) is 59.1 Å². The summed E-state index contributed by atoms with van der Waals surface area (Å²) in [5.74, 6) is 1.37. The summed E-state index contributed by atoms with van der Waals surface area (Å²) in [5, 5.41) is 28.0. The van der Waals surface area contributed by atoms with Gasteiger partial charge in [0, 0.05) is 31.4 Å². The highest BCUT2D eigenvalue weighted by molar-refractivity contribution is 7.89. The van der Waals surface area contributed by atoms with Crippen LogP contribution < -0.4 is 9.47 Å². The largest absolute Gasteiger partial charge is 0.497 e. The Morgan fingerprint density at radius 3 is 2.21 bits per heavy atom. The van der Waals surface area contributed by atoms with Crippen molar-refractivity contribution < 1.29 is 27.9 Å². The van der Waals surface area contributed by atoms with Crippen molar-refractivity contribution in [1.29, 1.82) is 0 Å². The number of aromatic nitrogens is 2. The number of hydrogen-bond acceptors (Lipinski definition) is 8. The third-order valence-corrected chi connectivity index (χ3v) is 11.0. The fourth-order valence-electron chi connectivity index (χ4n) is 6.81. The quantitative estimate of drug-likeness (QED) is 0.1000. The second kappa shape index (κ2) is 13.9. The molecule has 48 heavy (non-hydrogen) atoms. The summed E-state index contributed by atoms with van der Waals surface area (Å²) < 4.78 is 41.3.